The lowest BCUT2D eigenvalue weighted by atomic mass is 9.86. The summed E-state index contributed by atoms with van der Waals surface area (Å²) >= 11 is 5.88. The standard InChI is InChI=1S/C18H17ClFNO/c1-18(2,10-13-6-8-14(19)9-7-13)12-22-17-5-3-4-16(20)15(17)11-21/h3-9H,10,12H2,1-2H3. The molecule has 0 unspecified atom stereocenters. The first-order valence-corrected chi connectivity index (χ1v) is 7.35. The molecule has 0 saturated heterocycles. The molecule has 0 bridgehead atoms. The van der Waals surface area contributed by atoms with Crippen LogP contribution < -0.4 is 4.74 Å². The van der Waals surface area contributed by atoms with Crippen LogP contribution >= 0.6 is 11.6 Å². The number of ether oxygens (including phenoxy) is 1. The van der Waals surface area contributed by atoms with Crippen molar-refractivity contribution in [1.29, 1.82) is 5.26 Å². The Morgan fingerprint density at radius 3 is 2.50 bits per heavy atom. The minimum Gasteiger partial charge on any atom is -0.492 e. The van der Waals surface area contributed by atoms with E-state index in [9.17, 15) is 4.39 Å². The van der Waals surface area contributed by atoms with Crippen LogP contribution in [0.15, 0.2) is 42.5 Å². The number of nitrogens with zero attached hydrogens (tertiary/aromatic N) is 1. The third-order valence-electron chi connectivity index (χ3n) is 3.30. The smallest absolute Gasteiger partial charge is 0.144 e. The molecule has 0 aliphatic heterocycles. The van der Waals surface area contributed by atoms with E-state index in [1.165, 1.54) is 12.1 Å². The summed E-state index contributed by atoms with van der Waals surface area (Å²) < 4.78 is 19.2. The Hall–Kier alpha value is -2.05. The van der Waals surface area contributed by atoms with Gasteiger partial charge in [-0.15, -0.1) is 0 Å². The van der Waals surface area contributed by atoms with Gasteiger partial charge in [-0.05, 0) is 36.2 Å². The molecular formula is C18H17ClFNO. The van der Waals surface area contributed by atoms with Crippen molar-refractivity contribution in [3.63, 3.8) is 0 Å². The van der Waals surface area contributed by atoms with Gasteiger partial charge < -0.3 is 4.74 Å². The molecule has 2 aromatic rings. The van der Waals surface area contributed by atoms with Crippen LogP contribution in [-0.4, -0.2) is 6.61 Å². The molecule has 22 heavy (non-hydrogen) atoms. The molecule has 4 heteroatoms. The molecule has 2 nitrogen and oxygen atoms in total. The molecule has 0 aromatic heterocycles. The number of hydrogen-bond acceptors (Lipinski definition) is 2. The van der Waals surface area contributed by atoms with Gasteiger partial charge in [0.05, 0.1) is 6.61 Å². The van der Waals surface area contributed by atoms with Crippen molar-refractivity contribution in [1.82, 2.24) is 0 Å². The Labute approximate surface area is 135 Å². The fourth-order valence-electron chi connectivity index (χ4n) is 2.21. The van der Waals surface area contributed by atoms with E-state index in [2.05, 4.69) is 13.8 Å². The Kier molecular flexibility index (Phi) is 5.05. The van der Waals surface area contributed by atoms with Crippen LogP contribution in [0.4, 0.5) is 4.39 Å². The lowest BCUT2D eigenvalue weighted by Gasteiger charge is -2.25. The molecule has 0 radical (unpaired) electrons. The summed E-state index contributed by atoms with van der Waals surface area (Å²) in [6, 6.07) is 13.9. The maximum Gasteiger partial charge on any atom is 0.144 e. The third kappa shape index (κ3) is 4.22. The molecule has 0 aliphatic carbocycles. The topological polar surface area (TPSA) is 33.0 Å². The second kappa shape index (κ2) is 6.81. The zero-order valence-electron chi connectivity index (χ0n) is 12.6. The van der Waals surface area contributed by atoms with Gasteiger partial charge in [0.15, 0.2) is 0 Å². The molecule has 0 atom stereocenters. The lowest BCUT2D eigenvalue weighted by molar-refractivity contribution is 0.179. The molecule has 0 aliphatic rings. The van der Waals surface area contributed by atoms with Crippen molar-refractivity contribution < 1.29 is 9.13 Å². The molecule has 0 heterocycles. The molecule has 0 amide bonds. The highest BCUT2D eigenvalue weighted by molar-refractivity contribution is 6.30. The van der Waals surface area contributed by atoms with Gasteiger partial charge in [0.1, 0.15) is 23.2 Å². The normalized spacial score (nSPS) is 11.0. The second-order valence-corrected chi connectivity index (χ2v) is 6.42. The minimum absolute atomic E-state index is 0.0511. The second-order valence-electron chi connectivity index (χ2n) is 5.98. The fourth-order valence-corrected chi connectivity index (χ4v) is 2.34. The third-order valence-corrected chi connectivity index (χ3v) is 3.55. The molecule has 2 aromatic carbocycles. The molecule has 0 saturated carbocycles. The van der Waals surface area contributed by atoms with E-state index in [1.54, 1.807) is 6.07 Å². The maximum atomic E-state index is 13.5. The predicted molar refractivity (Wildman–Crippen MR) is 85.5 cm³/mol. The Morgan fingerprint density at radius 2 is 1.86 bits per heavy atom. The van der Waals surface area contributed by atoms with Crippen LogP contribution in [0.2, 0.25) is 5.02 Å². The van der Waals surface area contributed by atoms with Crippen LogP contribution in [0.5, 0.6) is 5.75 Å². The van der Waals surface area contributed by atoms with Gasteiger partial charge in [-0.1, -0.05) is 43.6 Å². The Bertz CT molecular complexity index is 689. The predicted octanol–water partition coefficient (Wildman–Crippen LogP) is 5.00. The highest BCUT2D eigenvalue weighted by atomic mass is 35.5. The first-order valence-electron chi connectivity index (χ1n) is 6.97. The van der Waals surface area contributed by atoms with Crippen LogP contribution in [0, 0.1) is 22.6 Å². The zero-order valence-corrected chi connectivity index (χ0v) is 13.3. The van der Waals surface area contributed by atoms with Gasteiger partial charge in [-0.2, -0.15) is 5.26 Å². The largest absolute Gasteiger partial charge is 0.492 e. The lowest BCUT2D eigenvalue weighted by Crippen LogP contribution is -2.24. The summed E-state index contributed by atoms with van der Waals surface area (Å²) in [6.07, 6.45) is 0.793. The summed E-state index contributed by atoms with van der Waals surface area (Å²) in [5.74, 6) is -0.276. The summed E-state index contributed by atoms with van der Waals surface area (Å²) in [5.41, 5.74) is 0.940. The van der Waals surface area contributed by atoms with E-state index in [1.807, 2.05) is 30.3 Å². The van der Waals surface area contributed by atoms with Gasteiger partial charge in [0, 0.05) is 10.4 Å². The number of nitriles is 1. The molecule has 0 N–H and O–H groups in total. The summed E-state index contributed by atoms with van der Waals surface area (Å²) in [6.45, 7) is 4.51. The van der Waals surface area contributed by atoms with Gasteiger partial charge in [-0.25, -0.2) is 4.39 Å². The average Bonchev–Trinajstić information content (AvgIpc) is 2.47. The van der Waals surface area contributed by atoms with Crippen molar-refractivity contribution in [2.75, 3.05) is 6.61 Å². The van der Waals surface area contributed by atoms with Crippen molar-refractivity contribution in [2.45, 2.75) is 20.3 Å². The van der Waals surface area contributed by atoms with E-state index >= 15 is 0 Å². The monoisotopic (exact) mass is 317 g/mol. The first-order chi connectivity index (χ1) is 10.4. The van der Waals surface area contributed by atoms with Gasteiger partial charge in [-0.3, -0.25) is 0 Å². The maximum absolute atomic E-state index is 13.5. The van der Waals surface area contributed by atoms with Crippen molar-refractivity contribution in [2.24, 2.45) is 5.41 Å². The van der Waals surface area contributed by atoms with Crippen molar-refractivity contribution in [3.8, 4) is 11.8 Å². The highest BCUT2D eigenvalue weighted by Crippen LogP contribution is 2.26. The number of halogens is 2. The van der Waals surface area contributed by atoms with E-state index in [0.717, 1.165) is 12.0 Å². The van der Waals surface area contributed by atoms with Gasteiger partial charge >= 0.3 is 0 Å². The average molecular weight is 318 g/mol. The minimum atomic E-state index is -0.560. The summed E-state index contributed by atoms with van der Waals surface area (Å²) in [4.78, 5) is 0. The van der Waals surface area contributed by atoms with Crippen molar-refractivity contribution >= 4 is 11.6 Å². The summed E-state index contributed by atoms with van der Waals surface area (Å²) in [5, 5.41) is 9.71. The van der Waals surface area contributed by atoms with Crippen LogP contribution in [0.1, 0.15) is 25.0 Å². The van der Waals surface area contributed by atoms with E-state index in [-0.39, 0.29) is 16.7 Å². The SMILES string of the molecule is CC(C)(COc1cccc(F)c1C#N)Cc1ccc(Cl)cc1. The summed E-state index contributed by atoms with van der Waals surface area (Å²) in [7, 11) is 0. The number of hydrogen-bond donors (Lipinski definition) is 0. The van der Waals surface area contributed by atoms with Crippen molar-refractivity contribution in [3.05, 3.63) is 64.4 Å². The highest BCUT2D eigenvalue weighted by Gasteiger charge is 2.21. The molecule has 114 valence electrons. The first kappa shape index (κ1) is 16.3. The van der Waals surface area contributed by atoms with E-state index < -0.39 is 5.82 Å². The van der Waals surface area contributed by atoms with E-state index in [0.29, 0.717) is 11.6 Å². The van der Waals surface area contributed by atoms with Gasteiger partial charge in [0.25, 0.3) is 0 Å². The van der Waals surface area contributed by atoms with Crippen LogP contribution in [-0.2, 0) is 6.42 Å². The molecule has 0 spiro atoms. The fraction of sp³-hybridized carbons (Fsp3) is 0.278. The van der Waals surface area contributed by atoms with Gasteiger partial charge in [0.2, 0.25) is 0 Å². The number of benzene rings is 2. The van der Waals surface area contributed by atoms with Crippen LogP contribution in [0.25, 0.3) is 0 Å². The Morgan fingerprint density at radius 1 is 1.18 bits per heavy atom. The number of rotatable bonds is 5. The Balaban J connectivity index is 2.05. The molecular weight excluding hydrogens is 301 g/mol. The van der Waals surface area contributed by atoms with Crippen LogP contribution in [0.3, 0.4) is 0 Å². The zero-order chi connectivity index (χ0) is 16.2. The molecule has 0 fully saturated rings. The van der Waals surface area contributed by atoms with E-state index in [4.69, 9.17) is 21.6 Å². The molecule has 2 rings (SSSR count). The quantitative estimate of drug-likeness (QED) is 0.777.